The molecule has 2 amide bonds. The van der Waals surface area contributed by atoms with Crippen molar-refractivity contribution in [2.45, 2.75) is 38.8 Å². The molecule has 9 heteroatoms. The van der Waals surface area contributed by atoms with Crippen LogP contribution in [0.15, 0.2) is 60.9 Å². The summed E-state index contributed by atoms with van der Waals surface area (Å²) in [5.41, 5.74) is 1.65. The summed E-state index contributed by atoms with van der Waals surface area (Å²) in [6.45, 7) is 3.35. The van der Waals surface area contributed by atoms with E-state index in [-0.39, 0.29) is 43.2 Å². The number of hydrogen-bond acceptors (Lipinski definition) is 5. The number of nitrogens with zero attached hydrogens (tertiary/aromatic N) is 3. The summed E-state index contributed by atoms with van der Waals surface area (Å²) in [6, 6.07) is 13.9. The van der Waals surface area contributed by atoms with Crippen molar-refractivity contribution >= 4 is 17.5 Å². The average molecular weight is 481 g/mol. The molecule has 3 aromatic rings. The standard InChI is InChI=1S/C26H29FN4O4/c1-19-8-10-21(11-9-19)35-22-5-4-13-30(17-22)26(33)18-31-16-20(15-28-31)29-25(32)12-14-34-24-7-3-2-6-23(24)27/h2-3,6-11,15-16,22H,4-5,12-14,17-18H2,1H3,(H,29,32)/t22-/m0/s1. The lowest BCUT2D eigenvalue weighted by Gasteiger charge is -2.33. The minimum Gasteiger partial charge on any atom is -0.490 e. The maximum absolute atomic E-state index is 13.6. The van der Waals surface area contributed by atoms with E-state index in [0.29, 0.717) is 18.8 Å². The van der Waals surface area contributed by atoms with E-state index in [1.165, 1.54) is 28.6 Å². The van der Waals surface area contributed by atoms with Gasteiger partial charge in [0.15, 0.2) is 11.6 Å². The molecule has 0 bridgehead atoms. The molecule has 2 heterocycles. The van der Waals surface area contributed by atoms with E-state index in [4.69, 9.17) is 9.47 Å². The zero-order valence-corrected chi connectivity index (χ0v) is 19.7. The van der Waals surface area contributed by atoms with Crippen molar-refractivity contribution in [3.8, 4) is 11.5 Å². The molecule has 1 aliphatic heterocycles. The van der Waals surface area contributed by atoms with Crippen LogP contribution in [-0.4, -0.2) is 52.3 Å². The van der Waals surface area contributed by atoms with Crippen LogP contribution in [0.2, 0.25) is 0 Å². The Morgan fingerprint density at radius 3 is 2.77 bits per heavy atom. The summed E-state index contributed by atoms with van der Waals surface area (Å²) >= 11 is 0. The van der Waals surface area contributed by atoms with Crippen molar-refractivity contribution in [3.05, 3.63) is 72.3 Å². The first kappa shape index (κ1) is 24.3. The number of ether oxygens (including phenoxy) is 2. The minimum absolute atomic E-state index is 0.0418. The largest absolute Gasteiger partial charge is 0.490 e. The molecule has 8 nitrogen and oxygen atoms in total. The van der Waals surface area contributed by atoms with Crippen molar-refractivity contribution < 1.29 is 23.5 Å². The van der Waals surface area contributed by atoms with Gasteiger partial charge < -0.3 is 19.7 Å². The van der Waals surface area contributed by atoms with E-state index < -0.39 is 5.82 Å². The molecule has 1 fully saturated rings. The number of halogens is 1. The van der Waals surface area contributed by atoms with E-state index in [1.807, 2.05) is 31.2 Å². The SMILES string of the molecule is Cc1ccc(O[C@H]2CCCN(C(=O)Cn3cc(NC(=O)CCOc4ccccc4F)cn3)C2)cc1. The highest BCUT2D eigenvalue weighted by Crippen LogP contribution is 2.20. The third-order valence-electron chi connectivity index (χ3n) is 5.69. The van der Waals surface area contributed by atoms with E-state index >= 15 is 0 Å². The Balaban J connectivity index is 1.22. The first-order valence-electron chi connectivity index (χ1n) is 11.7. The molecule has 0 spiro atoms. The molecule has 1 atom stereocenters. The number of amides is 2. The molecule has 35 heavy (non-hydrogen) atoms. The van der Waals surface area contributed by atoms with Crippen LogP contribution >= 0.6 is 0 Å². The maximum Gasteiger partial charge on any atom is 0.244 e. The van der Waals surface area contributed by atoms with Gasteiger partial charge in [-0.2, -0.15) is 5.10 Å². The Morgan fingerprint density at radius 1 is 1.17 bits per heavy atom. The van der Waals surface area contributed by atoms with Gasteiger partial charge in [-0.25, -0.2) is 4.39 Å². The quantitative estimate of drug-likeness (QED) is 0.504. The third-order valence-corrected chi connectivity index (χ3v) is 5.69. The molecule has 1 N–H and O–H groups in total. The molecule has 1 saturated heterocycles. The number of anilines is 1. The van der Waals surface area contributed by atoms with Crippen molar-refractivity contribution in [2.24, 2.45) is 0 Å². The van der Waals surface area contributed by atoms with Gasteiger partial charge in [-0.1, -0.05) is 29.8 Å². The topological polar surface area (TPSA) is 85.7 Å². The van der Waals surface area contributed by atoms with Crippen LogP contribution in [0, 0.1) is 12.7 Å². The number of benzene rings is 2. The van der Waals surface area contributed by atoms with Crippen LogP contribution < -0.4 is 14.8 Å². The van der Waals surface area contributed by atoms with E-state index in [2.05, 4.69) is 10.4 Å². The number of carbonyl (C=O) groups is 2. The van der Waals surface area contributed by atoms with Crippen molar-refractivity contribution in [1.82, 2.24) is 14.7 Å². The van der Waals surface area contributed by atoms with Crippen LogP contribution in [0.3, 0.4) is 0 Å². The Morgan fingerprint density at radius 2 is 1.97 bits per heavy atom. The first-order valence-corrected chi connectivity index (χ1v) is 11.7. The number of hydrogen-bond donors (Lipinski definition) is 1. The monoisotopic (exact) mass is 480 g/mol. The fourth-order valence-electron chi connectivity index (χ4n) is 3.86. The number of para-hydroxylation sites is 1. The van der Waals surface area contributed by atoms with Gasteiger partial charge >= 0.3 is 0 Å². The smallest absolute Gasteiger partial charge is 0.244 e. The van der Waals surface area contributed by atoms with Gasteiger partial charge in [-0.05, 0) is 44.0 Å². The molecule has 0 aliphatic carbocycles. The van der Waals surface area contributed by atoms with Crippen molar-refractivity contribution in [3.63, 3.8) is 0 Å². The Hall–Kier alpha value is -3.88. The number of aromatic nitrogens is 2. The number of likely N-dealkylation sites (tertiary alicyclic amines) is 1. The van der Waals surface area contributed by atoms with Crippen LogP contribution in [0.4, 0.5) is 10.1 Å². The lowest BCUT2D eigenvalue weighted by atomic mass is 10.1. The second kappa shape index (κ2) is 11.5. The van der Waals surface area contributed by atoms with Crippen molar-refractivity contribution in [2.75, 3.05) is 25.0 Å². The fourth-order valence-corrected chi connectivity index (χ4v) is 3.86. The summed E-state index contributed by atoms with van der Waals surface area (Å²) in [4.78, 5) is 26.8. The van der Waals surface area contributed by atoms with Gasteiger partial charge in [0.1, 0.15) is 18.4 Å². The number of piperidine rings is 1. The summed E-state index contributed by atoms with van der Waals surface area (Å²) in [5.74, 6) is 0.0962. The lowest BCUT2D eigenvalue weighted by Crippen LogP contribution is -2.45. The lowest BCUT2D eigenvalue weighted by molar-refractivity contribution is -0.134. The molecular weight excluding hydrogens is 451 g/mol. The molecule has 2 aromatic carbocycles. The number of carbonyl (C=O) groups excluding carboxylic acids is 2. The van der Waals surface area contributed by atoms with Crippen LogP contribution in [0.1, 0.15) is 24.8 Å². The predicted octanol–water partition coefficient (Wildman–Crippen LogP) is 3.81. The molecule has 0 saturated carbocycles. The second-order valence-corrected chi connectivity index (χ2v) is 8.54. The van der Waals surface area contributed by atoms with Gasteiger partial charge in [0.05, 0.1) is 31.5 Å². The number of nitrogens with one attached hydrogen (secondary N) is 1. The van der Waals surface area contributed by atoms with Crippen LogP contribution in [0.25, 0.3) is 0 Å². The third kappa shape index (κ3) is 7.05. The highest BCUT2D eigenvalue weighted by Gasteiger charge is 2.25. The van der Waals surface area contributed by atoms with Crippen molar-refractivity contribution in [1.29, 1.82) is 0 Å². The highest BCUT2D eigenvalue weighted by molar-refractivity contribution is 5.90. The highest BCUT2D eigenvalue weighted by atomic mass is 19.1. The van der Waals surface area contributed by atoms with Gasteiger partial charge in [0.25, 0.3) is 0 Å². The Kier molecular flexibility index (Phi) is 7.97. The normalized spacial score (nSPS) is 15.5. The zero-order chi connectivity index (χ0) is 24.6. The predicted molar refractivity (Wildman–Crippen MR) is 129 cm³/mol. The average Bonchev–Trinajstić information content (AvgIpc) is 3.28. The van der Waals surface area contributed by atoms with Gasteiger partial charge in [-0.15, -0.1) is 0 Å². The maximum atomic E-state index is 13.6. The number of rotatable bonds is 9. The zero-order valence-electron chi connectivity index (χ0n) is 19.7. The van der Waals surface area contributed by atoms with Gasteiger partial charge in [0.2, 0.25) is 11.8 Å². The minimum atomic E-state index is -0.472. The van der Waals surface area contributed by atoms with E-state index in [0.717, 1.165) is 18.6 Å². The number of aryl methyl sites for hydroxylation is 1. The van der Waals surface area contributed by atoms with E-state index in [1.54, 1.807) is 23.2 Å². The summed E-state index contributed by atoms with van der Waals surface area (Å²) in [7, 11) is 0. The molecule has 1 aliphatic rings. The second-order valence-electron chi connectivity index (χ2n) is 8.54. The molecule has 184 valence electrons. The van der Waals surface area contributed by atoms with Gasteiger partial charge in [-0.3, -0.25) is 14.3 Å². The molecular formula is C26H29FN4O4. The fraction of sp³-hybridized carbons (Fsp3) is 0.346. The Bertz CT molecular complexity index is 1150. The van der Waals surface area contributed by atoms with E-state index in [9.17, 15) is 14.0 Å². The molecule has 1 aromatic heterocycles. The summed E-state index contributed by atoms with van der Waals surface area (Å²) < 4.78 is 26.4. The van der Waals surface area contributed by atoms with Crippen LogP contribution in [-0.2, 0) is 16.1 Å². The van der Waals surface area contributed by atoms with Crippen LogP contribution in [0.5, 0.6) is 11.5 Å². The Labute approximate surface area is 203 Å². The molecule has 4 rings (SSSR count). The van der Waals surface area contributed by atoms with Gasteiger partial charge in [0, 0.05) is 12.7 Å². The summed E-state index contributed by atoms with van der Waals surface area (Å²) in [6.07, 6.45) is 4.87. The summed E-state index contributed by atoms with van der Waals surface area (Å²) in [5, 5.41) is 6.89. The first-order chi connectivity index (χ1) is 17.0. The molecule has 0 radical (unpaired) electrons. The molecule has 0 unspecified atom stereocenters.